The Morgan fingerprint density at radius 2 is 2.04 bits per heavy atom. The van der Waals surface area contributed by atoms with Crippen LogP contribution in [0.1, 0.15) is 63.5 Å². The van der Waals surface area contributed by atoms with Crippen LogP contribution in [0.2, 0.25) is 0 Å². The second-order valence-corrected chi connectivity index (χ2v) is 7.61. The fourth-order valence-electron chi connectivity index (χ4n) is 3.68. The molecule has 0 unspecified atom stereocenters. The van der Waals surface area contributed by atoms with Crippen molar-refractivity contribution >= 4 is 6.09 Å². The number of hydrogen-bond donors (Lipinski definition) is 0. The van der Waals surface area contributed by atoms with Crippen LogP contribution in [0.4, 0.5) is 4.79 Å². The molecule has 0 bridgehead atoms. The number of ether oxygens (including phenoxy) is 2. The molecule has 1 atom stereocenters. The average molecular weight is 318 g/mol. The van der Waals surface area contributed by atoms with Crippen molar-refractivity contribution in [3.05, 3.63) is 29.1 Å². The van der Waals surface area contributed by atoms with Crippen molar-refractivity contribution in [2.24, 2.45) is 0 Å². The summed E-state index contributed by atoms with van der Waals surface area (Å²) >= 11 is 0. The van der Waals surface area contributed by atoms with Gasteiger partial charge in [0.25, 0.3) is 0 Å². The van der Waals surface area contributed by atoms with E-state index < -0.39 is 5.60 Å². The maximum absolute atomic E-state index is 12.2. The molecule has 0 saturated carbocycles. The molecular formula is C18H26N2O3. The number of carbonyl (C=O) groups excluding carboxylic acids is 1. The highest BCUT2D eigenvalue weighted by atomic mass is 16.6. The highest BCUT2D eigenvalue weighted by molar-refractivity contribution is 5.68. The van der Waals surface area contributed by atoms with E-state index in [1.165, 1.54) is 11.1 Å². The van der Waals surface area contributed by atoms with E-state index >= 15 is 0 Å². The Bertz CT molecular complexity index is 613. The number of carbonyl (C=O) groups is 1. The number of aryl methyl sites for hydroxylation is 1. The van der Waals surface area contributed by atoms with Gasteiger partial charge in [-0.2, -0.15) is 0 Å². The molecule has 0 N–H and O–H groups in total. The zero-order valence-corrected chi connectivity index (χ0v) is 14.7. The van der Waals surface area contributed by atoms with Gasteiger partial charge in [0, 0.05) is 24.8 Å². The molecule has 0 aromatic carbocycles. The van der Waals surface area contributed by atoms with Gasteiger partial charge in [0.1, 0.15) is 5.60 Å². The summed E-state index contributed by atoms with van der Waals surface area (Å²) in [6.07, 6.45) is 3.20. The molecule has 1 saturated heterocycles. The third-order valence-corrected chi connectivity index (χ3v) is 4.65. The lowest BCUT2D eigenvalue weighted by molar-refractivity contribution is -0.104. The maximum atomic E-state index is 12.2. The first-order chi connectivity index (χ1) is 10.7. The van der Waals surface area contributed by atoms with Gasteiger partial charge in [-0.3, -0.25) is 4.98 Å². The number of piperidine rings is 1. The molecule has 1 amide bonds. The van der Waals surface area contributed by atoms with Crippen LogP contribution in [-0.2, 0) is 15.1 Å². The summed E-state index contributed by atoms with van der Waals surface area (Å²) in [5.41, 5.74) is 2.75. The lowest BCUT2D eigenvalue weighted by Crippen LogP contribution is -2.47. The van der Waals surface area contributed by atoms with Crippen LogP contribution in [0.15, 0.2) is 12.3 Å². The number of fused-ring (bicyclic) bond motifs is 2. The maximum Gasteiger partial charge on any atom is 0.410 e. The van der Waals surface area contributed by atoms with Crippen molar-refractivity contribution in [1.29, 1.82) is 0 Å². The smallest absolute Gasteiger partial charge is 0.410 e. The normalized spacial score (nSPS) is 23.0. The Morgan fingerprint density at radius 1 is 1.39 bits per heavy atom. The Hall–Kier alpha value is -1.62. The van der Waals surface area contributed by atoms with E-state index in [0.717, 1.165) is 18.5 Å². The highest BCUT2D eigenvalue weighted by Gasteiger charge is 2.48. The topological polar surface area (TPSA) is 51.7 Å². The van der Waals surface area contributed by atoms with E-state index in [-0.39, 0.29) is 17.8 Å². The van der Waals surface area contributed by atoms with Gasteiger partial charge in [0.2, 0.25) is 0 Å². The molecule has 0 aliphatic carbocycles. The molecule has 23 heavy (non-hydrogen) atoms. The van der Waals surface area contributed by atoms with E-state index in [2.05, 4.69) is 18.8 Å². The average Bonchev–Trinajstić information content (AvgIpc) is 2.72. The second-order valence-electron chi connectivity index (χ2n) is 7.61. The van der Waals surface area contributed by atoms with Crippen molar-refractivity contribution < 1.29 is 14.3 Å². The monoisotopic (exact) mass is 318 g/mol. The Labute approximate surface area is 138 Å². The van der Waals surface area contributed by atoms with Crippen LogP contribution in [0.25, 0.3) is 0 Å². The molecule has 1 fully saturated rings. The minimum atomic E-state index is -0.461. The molecule has 5 nitrogen and oxygen atoms in total. The standard InChI is InChI=1S/C18H26N2O3/c1-12-6-9-19-15-13(2)22-18(14(12)15)7-10-20(11-8-18)16(21)23-17(3,4)5/h6,9,13H,7-8,10-11H2,1-5H3/t13-/m1/s1. The highest BCUT2D eigenvalue weighted by Crippen LogP contribution is 2.49. The van der Waals surface area contributed by atoms with Crippen LogP contribution in [0, 0.1) is 6.92 Å². The quantitative estimate of drug-likeness (QED) is 0.732. The number of nitrogens with zero attached hydrogens (tertiary/aromatic N) is 2. The number of amides is 1. The lowest BCUT2D eigenvalue weighted by atomic mass is 9.82. The third kappa shape index (κ3) is 2.94. The minimum absolute atomic E-state index is 0.0120. The van der Waals surface area contributed by atoms with Gasteiger partial charge in [0.05, 0.1) is 17.4 Å². The van der Waals surface area contributed by atoms with Crippen LogP contribution in [0.3, 0.4) is 0 Å². The molecule has 3 heterocycles. The summed E-state index contributed by atoms with van der Waals surface area (Å²) in [6.45, 7) is 11.1. The summed E-state index contributed by atoms with van der Waals surface area (Å²) in [5, 5.41) is 0. The summed E-state index contributed by atoms with van der Waals surface area (Å²) in [5.74, 6) is 0. The first-order valence-electron chi connectivity index (χ1n) is 8.34. The lowest BCUT2D eigenvalue weighted by Gasteiger charge is -2.40. The van der Waals surface area contributed by atoms with Crippen molar-refractivity contribution in [1.82, 2.24) is 9.88 Å². The van der Waals surface area contributed by atoms with E-state index in [4.69, 9.17) is 9.47 Å². The van der Waals surface area contributed by atoms with E-state index in [1.807, 2.05) is 33.0 Å². The van der Waals surface area contributed by atoms with Gasteiger partial charge in [0.15, 0.2) is 0 Å². The van der Waals surface area contributed by atoms with Crippen molar-refractivity contribution in [2.45, 2.75) is 64.8 Å². The van der Waals surface area contributed by atoms with Gasteiger partial charge in [-0.05, 0) is 59.1 Å². The zero-order chi connectivity index (χ0) is 16.8. The van der Waals surface area contributed by atoms with Gasteiger partial charge in [-0.15, -0.1) is 0 Å². The van der Waals surface area contributed by atoms with Gasteiger partial charge in [-0.1, -0.05) is 0 Å². The SMILES string of the molecule is Cc1ccnc2c1C1(CCN(C(=O)OC(C)(C)C)CC1)O[C@@H]2C. The molecular weight excluding hydrogens is 292 g/mol. The molecule has 5 heteroatoms. The molecule has 1 aromatic heterocycles. The number of pyridine rings is 1. The summed E-state index contributed by atoms with van der Waals surface area (Å²) in [4.78, 5) is 18.6. The van der Waals surface area contributed by atoms with Crippen LogP contribution in [0.5, 0.6) is 0 Å². The number of likely N-dealkylation sites (tertiary alicyclic amines) is 1. The van der Waals surface area contributed by atoms with Crippen molar-refractivity contribution in [2.75, 3.05) is 13.1 Å². The fraction of sp³-hybridized carbons (Fsp3) is 0.667. The number of rotatable bonds is 0. The Morgan fingerprint density at radius 3 is 2.65 bits per heavy atom. The first kappa shape index (κ1) is 16.2. The van der Waals surface area contributed by atoms with E-state index in [1.54, 1.807) is 4.90 Å². The third-order valence-electron chi connectivity index (χ3n) is 4.65. The molecule has 1 aromatic rings. The van der Waals surface area contributed by atoms with Crippen molar-refractivity contribution in [3.63, 3.8) is 0 Å². The molecule has 1 spiro atoms. The second kappa shape index (κ2) is 5.48. The largest absolute Gasteiger partial charge is 0.444 e. The summed E-state index contributed by atoms with van der Waals surface area (Å²) < 4.78 is 11.8. The Kier molecular flexibility index (Phi) is 3.87. The van der Waals surface area contributed by atoms with Gasteiger partial charge >= 0.3 is 6.09 Å². The summed E-state index contributed by atoms with van der Waals surface area (Å²) in [7, 11) is 0. The van der Waals surface area contributed by atoms with E-state index in [0.29, 0.717) is 13.1 Å². The number of hydrogen-bond acceptors (Lipinski definition) is 4. The molecule has 2 aliphatic rings. The predicted molar refractivity (Wildman–Crippen MR) is 87.2 cm³/mol. The van der Waals surface area contributed by atoms with Gasteiger partial charge in [-0.25, -0.2) is 4.79 Å². The predicted octanol–water partition coefficient (Wildman–Crippen LogP) is 3.71. The molecule has 126 valence electrons. The van der Waals surface area contributed by atoms with E-state index in [9.17, 15) is 4.79 Å². The van der Waals surface area contributed by atoms with Crippen LogP contribution in [-0.4, -0.2) is 34.7 Å². The Balaban J connectivity index is 1.77. The zero-order valence-electron chi connectivity index (χ0n) is 14.7. The van der Waals surface area contributed by atoms with Crippen LogP contribution < -0.4 is 0 Å². The minimum Gasteiger partial charge on any atom is -0.444 e. The molecule has 0 radical (unpaired) electrons. The summed E-state index contributed by atoms with van der Waals surface area (Å²) in [6, 6.07) is 2.04. The van der Waals surface area contributed by atoms with Gasteiger partial charge < -0.3 is 14.4 Å². The number of aromatic nitrogens is 1. The first-order valence-corrected chi connectivity index (χ1v) is 8.34. The molecule has 3 rings (SSSR count). The van der Waals surface area contributed by atoms with Crippen LogP contribution >= 0.6 is 0 Å². The molecule has 2 aliphatic heterocycles. The van der Waals surface area contributed by atoms with Crippen molar-refractivity contribution in [3.8, 4) is 0 Å². The fourth-order valence-corrected chi connectivity index (χ4v) is 3.68.